The lowest BCUT2D eigenvalue weighted by molar-refractivity contribution is -0.111. The predicted octanol–water partition coefficient (Wildman–Crippen LogP) is 0.499. The third-order valence-electron chi connectivity index (χ3n) is 2.10. The van der Waals surface area contributed by atoms with Crippen molar-refractivity contribution in [2.24, 2.45) is 7.05 Å². The van der Waals surface area contributed by atoms with Gasteiger partial charge in [0, 0.05) is 19.3 Å². The van der Waals surface area contributed by atoms with Gasteiger partial charge in [-0.1, -0.05) is 0 Å². The van der Waals surface area contributed by atoms with Crippen LogP contribution < -0.4 is 5.32 Å². The van der Waals surface area contributed by atoms with Crippen molar-refractivity contribution in [3.05, 3.63) is 29.9 Å². The normalized spacial score (nSPS) is 10.9. The van der Waals surface area contributed by atoms with Gasteiger partial charge in [0.25, 0.3) is 5.91 Å². The van der Waals surface area contributed by atoms with Gasteiger partial charge in [0.1, 0.15) is 5.82 Å². The lowest BCUT2D eigenvalue weighted by Gasteiger charge is -1.95. The molecule has 7 nitrogen and oxygen atoms in total. The van der Waals surface area contributed by atoms with Crippen molar-refractivity contribution in [3.63, 3.8) is 0 Å². The second-order valence-electron chi connectivity index (χ2n) is 3.45. The van der Waals surface area contributed by atoms with Gasteiger partial charge in [-0.15, -0.1) is 5.10 Å². The van der Waals surface area contributed by atoms with E-state index in [4.69, 9.17) is 0 Å². The van der Waals surface area contributed by atoms with Gasteiger partial charge in [-0.05, 0) is 19.1 Å². The minimum absolute atomic E-state index is 0.266. The van der Waals surface area contributed by atoms with E-state index in [-0.39, 0.29) is 11.9 Å². The largest absolute Gasteiger partial charge is 0.290 e. The highest BCUT2D eigenvalue weighted by atomic mass is 16.1. The van der Waals surface area contributed by atoms with E-state index in [0.29, 0.717) is 5.82 Å². The molecule has 2 N–H and O–H groups in total. The summed E-state index contributed by atoms with van der Waals surface area (Å²) < 4.78 is 1.67. The first-order chi connectivity index (χ1) is 8.15. The number of anilines is 1. The second kappa shape index (κ2) is 4.60. The minimum atomic E-state index is -0.287. The van der Waals surface area contributed by atoms with Crippen LogP contribution in [0.2, 0.25) is 0 Å². The molecule has 88 valence electrons. The molecule has 0 bridgehead atoms. The molecule has 0 spiro atoms. The van der Waals surface area contributed by atoms with Gasteiger partial charge in [0.05, 0.1) is 5.69 Å². The highest BCUT2D eigenvalue weighted by Gasteiger charge is 2.02. The predicted molar refractivity (Wildman–Crippen MR) is 62.0 cm³/mol. The molecule has 2 heterocycles. The van der Waals surface area contributed by atoms with Gasteiger partial charge in [-0.2, -0.15) is 10.1 Å². The van der Waals surface area contributed by atoms with E-state index in [0.717, 1.165) is 5.69 Å². The maximum absolute atomic E-state index is 11.5. The number of amides is 1. The number of nitrogens with one attached hydrogen (secondary N) is 2. The molecule has 0 saturated heterocycles. The molecule has 0 aromatic carbocycles. The number of carbonyl (C=O) groups is 1. The van der Waals surface area contributed by atoms with Crippen LogP contribution in [0.5, 0.6) is 0 Å². The summed E-state index contributed by atoms with van der Waals surface area (Å²) >= 11 is 0. The number of nitrogens with zero attached hydrogens (tertiary/aromatic N) is 4. The smallest absolute Gasteiger partial charge is 0.250 e. The van der Waals surface area contributed by atoms with Crippen LogP contribution in [-0.2, 0) is 11.8 Å². The molecular weight excluding hydrogens is 220 g/mol. The summed E-state index contributed by atoms with van der Waals surface area (Å²) in [6.45, 7) is 1.76. The Labute approximate surface area is 97.6 Å². The Morgan fingerprint density at radius 2 is 2.41 bits per heavy atom. The van der Waals surface area contributed by atoms with Crippen molar-refractivity contribution in [3.8, 4) is 0 Å². The maximum atomic E-state index is 11.5. The zero-order valence-corrected chi connectivity index (χ0v) is 9.51. The summed E-state index contributed by atoms with van der Waals surface area (Å²) in [5, 5.41) is 13.0. The van der Waals surface area contributed by atoms with Gasteiger partial charge < -0.3 is 0 Å². The summed E-state index contributed by atoms with van der Waals surface area (Å²) in [7, 11) is 1.80. The van der Waals surface area contributed by atoms with Crippen LogP contribution in [0.3, 0.4) is 0 Å². The van der Waals surface area contributed by atoms with Gasteiger partial charge in [0.15, 0.2) is 0 Å². The number of aromatic amines is 1. The molecule has 1 amide bonds. The molecule has 0 unspecified atom stereocenters. The fraction of sp³-hybridized carbons (Fsp3) is 0.200. The third-order valence-corrected chi connectivity index (χ3v) is 2.10. The summed E-state index contributed by atoms with van der Waals surface area (Å²) in [5.41, 5.74) is 0.839. The van der Waals surface area contributed by atoms with Crippen LogP contribution in [-0.4, -0.2) is 30.9 Å². The molecule has 0 aliphatic heterocycles. The van der Waals surface area contributed by atoms with Crippen LogP contribution in [0, 0.1) is 6.92 Å². The van der Waals surface area contributed by atoms with E-state index in [1.165, 1.54) is 6.08 Å². The van der Waals surface area contributed by atoms with Crippen molar-refractivity contribution in [2.75, 3.05) is 5.32 Å². The van der Waals surface area contributed by atoms with E-state index in [1.54, 1.807) is 37.0 Å². The number of aryl methyl sites for hydroxylation is 2. The first-order valence-electron chi connectivity index (χ1n) is 5.01. The number of carbonyl (C=O) groups excluding carboxylic acids is 1. The van der Waals surface area contributed by atoms with Crippen LogP contribution in [0.25, 0.3) is 6.08 Å². The van der Waals surface area contributed by atoms with E-state index in [2.05, 4.69) is 25.6 Å². The first kappa shape index (κ1) is 11.1. The summed E-state index contributed by atoms with van der Waals surface area (Å²) in [6, 6.07) is 1.81. The van der Waals surface area contributed by atoms with Crippen LogP contribution in [0.1, 0.15) is 11.5 Å². The molecule has 0 saturated carbocycles. The van der Waals surface area contributed by atoms with Crippen LogP contribution >= 0.6 is 0 Å². The average Bonchev–Trinajstić information content (AvgIpc) is 2.85. The van der Waals surface area contributed by atoms with Crippen LogP contribution in [0.4, 0.5) is 5.95 Å². The molecule has 2 rings (SSSR count). The Balaban J connectivity index is 1.98. The zero-order chi connectivity index (χ0) is 12.3. The molecule has 2 aromatic rings. The number of aromatic nitrogens is 5. The second-order valence-corrected chi connectivity index (χ2v) is 3.45. The third kappa shape index (κ3) is 2.77. The summed E-state index contributed by atoms with van der Waals surface area (Å²) in [5.74, 6) is 0.628. The zero-order valence-electron chi connectivity index (χ0n) is 9.51. The van der Waals surface area contributed by atoms with Gasteiger partial charge in [0.2, 0.25) is 5.95 Å². The number of hydrogen-bond donors (Lipinski definition) is 2. The Morgan fingerprint density at radius 3 is 3.00 bits per heavy atom. The lowest BCUT2D eigenvalue weighted by Crippen LogP contribution is -2.09. The van der Waals surface area contributed by atoms with Crippen molar-refractivity contribution < 1.29 is 4.79 Å². The molecule has 7 heteroatoms. The number of rotatable bonds is 3. The fourth-order valence-corrected chi connectivity index (χ4v) is 1.26. The summed E-state index contributed by atoms with van der Waals surface area (Å²) in [4.78, 5) is 15.5. The molecule has 0 aliphatic rings. The highest BCUT2D eigenvalue weighted by molar-refractivity contribution is 6.00. The first-order valence-corrected chi connectivity index (χ1v) is 5.01. The number of H-pyrrole nitrogens is 1. The molecule has 0 radical (unpaired) electrons. The molecule has 0 fully saturated rings. The highest BCUT2D eigenvalue weighted by Crippen LogP contribution is 2.01. The van der Waals surface area contributed by atoms with Crippen molar-refractivity contribution in [1.29, 1.82) is 0 Å². The lowest BCUT2D eigenvalue weighted by atomic mass is 10.3. The monoisotopic (exact) mass is 232 g/mol. The summed E-state index contributed by atoms with van der Waals surface area (Å²) in [6.07, 6.45) is 4.74. The Morgan fingerprint density at radius 1 is 1.59 bits per heavy atom. The van der Waals surface area contributed by atoms with Gasteiger partial charge in [-0.3, -0.25) is 19.9 Å². The minimum Gasteiger partial charge on any atom is -0.290 e. The quantitative estimate of drug-likeness (QED) is 0.754. The number of hydrogen-bond acceptors (Lipinski definition) is 4. The van der Waals surface area contributed by atoms with Crippen molar-refractivity contribution >= 4 is 17.9 Å². The standard InChI is InChI=1S/C10H12N6O/c1-7-12-10(15-14-7)13-9(17)4-3-8-5-6-11-16(8)2/h3-6H,1-2H3,(H2,12,13,14,15,17)/b4-3+. The topological polar surface area (TPSA) is 88.5 Å². The molecule has 0 atom stereocenters. The SMILES string of the molecule is Cc1nc(NC(=O)/C=C/c2ccnn2C)n[nH]1. The fourth-order valence-electron chi connectivity index (χ4n) is 1.26. The Kier molecular flexibility index (Phi) is 2.99. The van der Waals surface area contributed by atoms with E-state index >= 15 is 0 Å². The van der Waals surface area contributed by atoms with Gasteiger partial charge in [-0.25, -0.2) is 0 Å². The molecular formula is C10H12N6O. The van der Waals surface area contributed by atoms with Gasteiger partial charge >= 0.3 is 0 Å². The van der Waals surface area contributed by atoms with E-state index in [1.807, 2.05) is 0 Å². The Hall–Kier alpha value is -2.44. The maximum Gasteiger partial charge on any atom is 0.250 e. The van der Waals surface area contributed by atoms with Crippen molar-refractivity contribution in [1.82, 2.24) is 25.0 Å². The molecule has 17 heavy (non-hydrogen) atoms. The average molecular weight is 232 g/mol. The molecule has 0 aliphatic carbocycles. The van der Waals surface area contributed by atoms with Crippen LogP contribution in [0.15, 0.2) is 18.3 Å². The van der Waals surface area contributed by atoms with E-state index < -0.39 is 0 Å². The Bertz CT molecular complexity index is 553. The molecule has 2 aromatic heterocycles. The van der Waals surface area contributed by atoms with E-state index in [9.17, 15) is 4.79 Å². The van der Waals surface area contributed by atoms with Crippen molar-refractivity contribution in [2.45, 2.75) is 6.92 Å².